The Labute approximate surface area is 156 Å². The fourth-order valence-electron chi connectivity index (χ4n) is 2.86. The lowest BCUT2D eigenvalue weighted by Gasteiger charge is -2.11. The van der Waals surface area contributed by atoms with E-state index in [1.54, 1.807) is 18.3 Å². The molecule has 0 unspecified atom stereocenters. The quantitative estimate of drug-likeness (QED) is 0.534. The lowest BCUT2D eigenvalue weighted by atomic mass is 10.2. The molecule has 134 valence electrons. The van der Waals surface area contributed by atoms with Gasteiger partial charge in [0.2, 0.25) is 0 Å². The van der Waals surface area contributed by atoms with E-state index in [0.717, 1.165) is 22.2 Å². The third kappa shape index (κ3) is 4.00. The average Bonchev–Trinajstić information content (AvgIpc) is 2.67. The molecule has 4 aromatic rings. The van der Waals surface area contributed by atoms with Gasteiger partial charge in [0.1, 0.15) is 23.3 Å². The molecular weight excluding hydrogens is 341 g/mol. The average molecular weight is 359 g/mol. The zero-order chi connectivity index (χ0) is 18.6. The number of nitrogens with one attached hydrogen (secondary N) is 2. The molecule has 0 aliphatic rings. The summed E-state index contributed by atoms with van der Waals surface area (Å²) in [6, 6.07) is 18.1. The van der Waals surface area contributed by atoms with Crippen LogP contribution in [-0.2, 0) is 6.54 Å². The minimum Gasteiger partial charge on any atom is -0.366 e. The van der Waals surface area contributed by atoms with Crippen LogP contribution in [0, 0.1) is 12.7 Å². The summed E-state index contributed by atoms with van der Waals surface area (Å²) in [5.74, 6) is 1.78. The molecule has 2 N–H and O–H groups in total. The first-order valence-electron chi connectivity index (χ1n) is 8.62. The summed E-state index contributed by atoms with van der Waals surface area (Å²) in [4.78, 5) is 13.3. The van der Waals surface area contributed by atoms with E-state index in [2.05, 4.69) is 25.6 Å². The summed E-state index contributed by atoms with van der Waals surface area (Å²) < 4.78 is 13.0. The summed E-state index contributed by atoms with van der Waals surface area (Å²) >= 11 is 0. The number of pyridine rings is 1. The third-order valence-corrected chi connectivity index (χ3v) is 4.12. The number of anilines is 3. The maximum absolute atomic E-state index is 13.0. The number of benzene rings is 2. The van der Waals surface area contributed by atoms with Crippen molar-refractivity contribution in [3.05, 3.63) is 84.1 Å². The van der Waals surface area contributed by atoms with E-state index in [-0.39, 0.29) is 5.82 Å². The number of aryl methyl sites for hydroxylation is 1. The largest absolute Gasteiger partial charge is 0.366 e. The molecular formula is C21H18FN5. The van der Waals surface area contributed by atoms with Gasteiger partial charge in [-0.25, -0.2) is 14.4 Å². The standard InChI is InChI=1S/C21H18FN5/c1-14-25-19(24-13-15-7-9-17(22)10-8-15)12-20(26-14)27-18-6-2-4-16-5-3-11-23-21(16)18/h2-12H,13H2,1H3,(H2,24,25,26,27). The minimum atomic E-state index is -0.244. The van der Waals surface area contributed by atoms with Crippen LogP contribution in [0.2, 0.25) is 0 Å². The maximum atomic E-state index is 13.0. The number of hydrogen-bond acceptors (Lipinski definition) is 5. The van der Waals surface area contributed by atoms with Crippen LogP contribution in [0.4, 0.5) is 21.7 Å². The van der Waals surface area contributed by atoms with Gasteiger partial charge in [-0.15, -0.1) is 0 Å². The van der Waals surface area contributed by atoms with Crippen molar-refractivity contribution >= 4 is 28.2 Å². The van der Waals surface area contributed by atoms with Crippen LogP contribution < -0.4 is 10.6 Å². The van der Waals surface area contributed by atoms with Gasteiger partial charge >= 0.3 is 0 Å². The Morgan fingerprint density at radius 3 is 2.56 bits per heavy atom. The Morgan fingerprint density at radius 2 is 1.70 bits per heavy atom. The van der Waals surface area contributed by atoms with E-state index < -0.39 is 0 Å². The first kappa shape index (κ1) is 16.9. The summed E-state index contributed by atoms with van der Waals surface area (Å²) in [7, 11) is 0. The molecule has 0 spiro atoms. The van der Waals surface area contributed by atoms with Crippen molar-refractivity contribution in [3.63, 3.8) is 0 Å². The monoisotopic (exact) mass is 359 g/mol. The molecule has 0 aliphatic heterocycles. The molecule has 5 nitrogen and oxygen atoms in total. The minimum absolute atomic E-state index is 0.244. The highest BCUT2D eigenvalue weighted by atomic mass is 19.1. The van der Waals surface area contributed by atoms with Crippen LogP contribution in [0.3, 0.4) is 0 Å². The van der Waals surface area contributed by atoms with Crippen molar-refractivity contribution in [2.24, 2.45) is 0 Å². The van der Waals surface area contributed by atoms with Gasteiger partial charge in [-0.3, -0.25) is 4.98 Å². The predicted octanol–water partition coefficient (Wildman–Crippen LogP) is 4.83. The number of fused-ring (bicyclic) bond motifs is 1. The lowest BCUT2D eigenvalue weighted by molar-refractivity contribution is 0.627. The molecule has 0 fully saturated rings. The van der Waals surface area contributed by atoms with E-state index in [9.17, 15) is 4.39 Å². The van der Waals surface area contributed by atoms with Gasteiger partial charge in [-0.2, -0.15) is 0 Å². The van der Waals surface area contributed by atoms with Crippen LogP contribution in [0.5, 0.6) is 0 Å². The van der Waals surface area contributed by atoms with Gasteiger partial charge in [0.15, 0.2) is 0 Å². The molecule has 0 saturated heterocycles. The molecule has 2 heterocycles. The summed E-state index contributed by atoms with van der Waals surface area (Å²) in [6.07, 6.45) is 1.77. The highest BCUT2D eigenvalue weighted by molar-refractivity contribution is 5.91. The summed E-state index contributed by atoms with van der Waals surface area (Å²) in [5, 5.41) is 7.64. The van der Waals surface area contributed by atoms with E-state index in [4.69, 9.17) is 0 Å². The molecule has 27 heavy (non-hydrogen) atoms. The lowest BCUT2D eigenvalue weighted by Crippen LogP contribution is -2.05. The molecule has 2 aromatic heterocycles. The second-order valence-corrected chi connectivity index (χ2v) is 6.17. The molecule has 0 bridgehead atoms. The van der Waals surface area contributed by atoms with Crippen molar-refractivity contribution in [2.45, 2.75) is 13.5 Å². The van der Waals surface area contributed by atoms with Crippen molar-refractivity contribution in [2.75, 3.05) is 10.6 Å². The predicted molar refractivity (Wildman–Crippen MR) is 106 cm³/mol. The molecule has 4 rings (SSSR count). The fraction of sp³-hybridized carbons (Fsp3) is 0.0952. The van der Waals surface area contributed by atoms with Gasteiger partial charge in [0.05, 0.1) is 11.2 Å². The van der Waals surface area contributed by atoms with Crippen LogP contribution in [0.25, 0.3) is 10.9 Å². The highest BCUT2D eigenvalue weighted by Gasteiger charge is 2.06. The van der Waals surface area contributed by atoms with E-state index in [1.807, 2.05) is 43.3 Å². The summed E-state index contributed by atoms with van der Waals surface area (Å²) in [6.45, 7) is 2.39. The SMILES string of the molecule is Cc1nc(NCc2ccc(F)cc2)cc(Nc2cccc3cccnc23)n1. The Kier molecular flexibility index (Phi) is 4.61. The Morgan fingerprint density at radius 1 is 0.926 bits per heavy atom. The van der Waals surface area contributed by atoms with E-state index >= 15 is 0 Å². The zero-order valence-corrected chi connectivity index (χ0v) is 14.8. The fourth-order valence-corrected chi connectivity index (χ4v) is 2.86. The Balaban J connectivity index is 1.56. The number of para-hydroxylation sites is 1. The molecule has 0 amide bonds. The first-order chi connectivity index (χ1) is 13.2. The van der Waals surface area contributed by atoms with Crippen molar-refractivity contribution < 1.29 is 4.39 Å². The normalized spacial score (nSPS) is 10.7. The number of halogens is 1. The molecule has 0 aliphatic carbocycles. The molecule has 0 saturated carbocycles. The molecule has 6 heteroatoms. The van der Waals surface area contributed by atoms with Crippen molar-refractivity contribution in [3.8, 4) is 0 Å². The van der Waals surface area contributed by atoms with Gasteiger partial charge in [-0.05, 0) is 36.8 Å². The number of rotatable bonds is 5. The summed E-state index contributed by atoms with van der Waals surface area (Å²) in [5.41, 5.74) is 2.74. The van der Waals surface area contributed by atoms with Crippen LogP contribution in [0.15, 0.2) is 66.9 Å². The molecule has 2 aromatic carbocycles. The van der Waals surface area contributed by atoms with Crippen molar-refractivity contribution in [1.29, 1.82) is 0 Å². The van der Waals surface area contributed by atoms with Crippen LogP contribution >= 0.6 is 0 Å². The van der Waals surface area contributed by atoms with Crippen LogP contribution in [0.1, 0.15) is 11.4 Å². The zero-order valence-electron chi connectivity index (χ0n) is 14.8. The smallest absolute Gasteiger partial charge is 0.136 e. The Hall–Kier alpha value is -3.54. The highest BCUT2D eigenvalue weighted by Crippen LogP contribution is 2.24. The van der Waals surface area contributed by atoms with E-state index in [0.29, 0.717) is 24.0 Å². The van der Waals surface area contributed by atoms with Gasteiger partial charge in [0, 0.05) is 24.2 Å². The third-order valence-electron chi connectivity index (χ3n) is 4.12. The number of nitrogens with zero attached hydrogens (tertiary/aromatic N) is 3. The van der Waals surface area contributed by atoms with Crippen LogP contribution in [-0.4, -0.2) is 15.0 Å². The molecule has 0 radical (unpaired) electrons. The second kappa shape index (κ2) is 7.37. The van der Waals surface area contributed by atoms with Gasteiger partial charge in [0.25, 0.3) is 0 Å². The topological polar surface area (TPSA) is 62.7 Å². The number of hydrogen-bond donors (Lipinski definition) is 2. The maximum Gasteiger partial charge on any atom is 0.136 e. The number of aromatic nitrogens is 3. The second-order valence-electron chi connectivity index (χ2n) is 6.17. The van der Waals surface area contributed by atoms with E-state index in [1.165, 1.54) is 12.1 Å². The first-order valence-corrected chi connectivity index (χ1v) is 8.62. The van der Waals surface area contributed by atoms with Crippen molar-refractivity contribution in [1.82, 2.24) is 15.0 Å². The van der Waals surface area contributed by atoms with Gasteiger partial charge < -0.3 is 10.6 Å². The molecule has 0 atom stereocenters. The van der Waals surface area contributed by atoms with Gasteiger partial charge in [-0.1, -0.05) is 30.3 Å². The Bertz CT molecular complexity index is 1070.